The lowest BCUT2D eigenvalue weighted by atomic mass is 9.93. The summed E-state index contributed by atoms with van der Waals surface area (Å²) in [6, 6.07) is 15.8. The van der Waals surface area contributed by atoms with E-state index in [0.717, 1.165) is 40.8 Å². The lowest BCUT2D eigenvalue weighted by molar-refractivity contribution is -0.305. The van der Waals surface area contributed by atoms with Crippen LogP contribution in [0.15, 0.2) is 54.6 Å². The van der Waals surface area contributed by atoms with E-state index in [1.54, 1.807) is 0 Å². The predicted molar refractivity (Wildman–Crippen MR) is 120 cm³/mol. The van der Waals surface area contributed by atoms with Gasteiger partial charge in [-0.05, 0) is 47.8 Å². The Morgan fingerprint density at radius 3 is 2.48 bits per heavy atom. The highest BCUT2D eigenvalue weighted by atomic mass is 16.7. The first-order valence-electron chi connectivity index (χ1n) is 11.0. The fourth-order valence-corrected chi connectivity index (χ4v) is 4.47. The van der Waals surface area contributed by atoms with Gasteiger partial charge in [0.05, 0.1) is 6.10 Å². The lowest BCUT2D eigenvalue weighted by Crippen LogP contribution is -2.60. The van der Waals surface area contributed by atoms with E-state index in [1.165, 1.54) is 0 Å². The second-order valence-corrected chi connectivity index (χ2v) is 8.32. The van der Waals surface area contributed by atoms with E-state index < -0.39 is 42.8 Å². The van der Waals surface area contributed by atoms with E-state index in [-0.39, 0.29) is 0 Å². The first-order chi connectivity index (χ1) is 15.9. The Hall–Kier alpha value is -2.59. The van der Waals surface area contributed by atoms with Crippen molar-refractivity contribution in [3.05, 3.63) is 76.9 Å². The predicted octanol–water partition coefficient (Wildman–Crippen LogP) is 1.23. The van der Waals surface area contributed by atoms with Crippen LogP contribution in [0.3, 0.4) is 0 Å². The van der Waals surface area contributed by atoms with E-state index in [1.807, 2.05) is 49.5 Å². The molecule has 0 amide bonds. The molecule has 0 spiro atoms. The highest BCUT2D eigenvalue weighted by Crippen LogP contribution is 2.40. The Kier molecular flexibility index (Phi) is 7.23. The highest BCUT2D eigenvalue weighted by Gasteiger charge is 2.48. The number of fused-ring (bicyclic) bond motifs is 2. The Morgan fingerprint density at radius 1 is 1.06 bits per heavy atom. The molecular weight excluding hydrogens is 426 g/mol. The quantitative estimate of drug-likeness (QED) is 0.412. The molecule has 5 N–H and O–H groups in total. The normalized spacial score (nSPS) is 30.4. The summed E-state index contributed by atoms with van der Waals surface area (Å²) >= 11 is 0. The van der Waals surface area contributed by atoms with Gasteiger partial charge in [0, 0.05) is 6.42 Å². The van der Waals surface area contributed by atoms with Crippen LogP contribution < -0.4 is 5.32 Å². The van der Waals surface area contributed by atoms with Crippen molar-refractivity contribution >= 4 is 11.5 Å². The highest BCUT2D eigenvalue weighted by molar-refractivity contribution is 5.84. The van der Waals surface area contributed by atoms with Gasteiger partial charge in [0.15, 0.2) is 12.4 Å². The molecule has 0 saturated carbocycles. The number of nitrogens with one attached hydrogen (secondary N) is 1. The zero-order valence-corrected chi connectivity index (χ0v) is 18.3. The number of carboxylic acids is 1. The fraction of sp³-hybridized carbons (Fsp3) is 0.400. The molecule has 0 radical (unpaired) electrons. The van der Waals surface area contributed by atoms with Crippen LogP contribution in [0.25, 0.3) is 5.57 Å². The average Bonchev–Trinajstić information content (AvgIpc) is 2.94. The number of aliphatic hydroxyl groups is 3. The average molecular weight is 456 g/mol. The van der Waals surface area contributed by atoms with Crippen LogP contribution in [0.4, 0.5) is 0 Å². The van der Waals surface area contributed by atoms with Crippen molar-refractivity contribution in [2.45, 2.75) is 49.7 Å². The Bertz CT molecular complexity index is 1020. The summed E-state index contributed by atoms with van der Waals surface area (Å²) in [6.45, 7) is 0.826. The lowest BCUT2D eigenvalue weighted by Gasteiger charge is -2.40. The third-order valence-electron chi connectivity index (χ3n) is 6.16. The van der Waals surface area contributed by atoms with Gasteiger partial charge in [0.1, 0.15) is 18.3 Å². The smallest absolute Gasteiger partial charge is 0.335 e. The maximum atomic E-state index is 11.5. The van der Waals surface area contributed by atoms with Gasteiger partial charge in [0.2, 0.25) is 0 Å². The van der Waals surface area contributed by atoms with Crippen molar-refractivity contribution in [2.75, 3.05) is 13.6 Å². The molecule has 8 heteroatoms. The largest absolute Gasteiger partial charge is 0.479 e. The van der Waals surface area contributed by atoms with Crippen LogP contribution in [0.2, 0.25) is 0 Å². The summed E-state index contributed by atoms with van der Waals surface area (Å²) in [5.41, 5.74) is 5.04. The molecule has 1 aliphatic carbocycles. The first kappa shape index (κ1) is 23.6. The molecule has 33 heavy (non-hydrogen) atoms. The number of hydrogen-bond acceptors (Lipinski definition) is 7. The maximum absolute atomic E-state index is 11.5. The molecule has 4 rings (SSSR count). The van der Waals surface area contributed by atoms with Gasteiger partial charge in [-0.3, -0.25) is 0 Å². The number of rotatable bonds is 6. The van der Waals surface area contributed by atoms with E-state index in [0.29, 0.717) is 6.42 Å². The molecule has 1 fully saturated rings. The molecular formula is C25H29NO7. The monoisotopic (exact) mass is 455 g/mol. The minimum absolute atomic E-state index is 0.458. The van der Waals surface area contributed by atoms with Crippen LogP contribution in [0, 0.1) is 0 Å². The SMILES string of the molecule is CNCC/C=C1\c2ccccc2CC(OC2OC(C(=O)O)C(O)C(O)C2O)c2ccccc21. The molecule has 176 valence electrons. The van der Waals surface area contributed by atoms with E-state index in [2.05, 4.69) is 17.5 Å². The Balaban J connectivity index is 1.73. The standard InChI is InChI=1S/C25H29NO7/c1-26-12-6-11-16-15-8-3-2-7-14(15)13-19(18-10-5-4-9-17(16)18)32-25-22(29)20(27)21(28)23(33-25)24(30)31/h2-5,7-11,19-23,25-29H,6,12-13H2,1H3,(H,30,31)/b16-11+. The van der Waals surface area contributed by atoms with Crippen molar-refractivity contribution in [3.63, 3.8) is 0 Å². The molecule has 1 saturated heterocycles. The number of carboxylic acid groups (broad SMARTS) is 1. The molecule has 8 nitrogen and oxygen atoms in total. The van der Waals surface area contributed by atoms with Crippen LogP contribution in [-0.4, -0.2) is 70.7 Å². The molecule has 6 unspecified atom stereocenters. The number of carbonyl (C=O) groups is 1. The molecule has 2 aromatic carbocycles. The van der Waals surface area contributed by atoms with Crippen LogP contribution in [-0.2, 0) is 20.7 Å². The summed E-state index contributed by atoms with van der Waals surface area (Å²) in [7, 11) is 1.91. The third-order valence-corrected chi connectivity index (χ3v) is 6.16. The second kappa shape index (κ2) is 10.1. The fourth-order valence-electron chi connectivity index (χ4n) is 4.47. The van der Waals surface area contributed by atoms with Gasteiger partial charge in [-0.2, -0.15) is 0 Å². The zero-order valence-electron chi connectivity index (χ0n) is 18.3. The number of aliphatic carboxylic acids is 1. The molecule has 0 bridgehead atoms. The second-order valence-electron chi connectivity index (χ2n) is 8.32. The molecule has 0 aromatic heterocycles. The number of hydrogen-bond donors (Lipinski definition) is 5. The summed E-state index contributed by atoms with van der Waals surface area (Å²) in [4.78, 5) is 11.5. The van der Waals surface area contributed by atoms with Crippen molar-refractivity contribution in [1.82, 2.24) is 5.32 Å². The molecule has 6 atom stereocenters. The minimum Gasteiger partial charge on any atom is -0.479 e. The summed E-state index contributed by atoms with van der Waals surface area (Å²) in [6.07, 6.45) is -5.32. The van der Waals surface area contributed by atoms with Gasteiger partial charge < -0.3 is 35.2 Å². The van der Waals surface area contributed by atoms with Gasteiger partial charge in [-0.25, -0.2) is 4.79 Å². The van der Waals surface area contributed by atoms with E-state index >= 15 is 0 Å². The topological polar surface area (TPSA) is 128 Å². The third kappa shape index (κ3) is 4.72. The Labute approximate surface area is 192 Å². The van der Waals surface area contributed by atoms with Crippen molar-refractivity contribution in [2.24, 2.45) is 0 Å². The van der Waals surface area contributed by atoms with Crippen LogP contribution in [0.5, 0.6) is 0 Å². The van der Waals surface area contributed by atoms with E-state index in [9.17, 15) is 25.2 Å². The Morgan fingerprint density at radius 2 is 1.76 bits per heavy atom. The zero-order chi connectivity index (χ0) is 23.5. The first-order valence-corrected chi connectivity index (χ1v) is 11.0. The van der Waals surface area contributed by atoms with Gasteiger partial charge >= 0.3 is 5.97 Å². The molecule has 2 aliphatic rings. The van der Waals surface area contributed by atoms with Crippen molar-refractivity contribution < 1.29 is 34.7 Å². The summed E-state index contributed by atoms with van der Waals surface area (Å²) < 4.78 is 11.5. The number of benzene rings is 2. The minimum atomic E-state index is -1.76. The summed E-state index contributed by atoms with van der Waals surface area (Å²) in [5, 5.41) is 43.2. The summed E-state index contributed by atoms with van der Waals surface area (Å²) in [5.74, 6) is -1.44. The van der Waals surface area contributed by atoms with Crippen LogP contribution in [0.1, 0.15) is 34.8 Å². The number of ether oxygens (including phenoxy) is 2. The molecule has 2 aromatic rings. The van der Waals surface area contributed by atoms with Crippen molar-refractivity contribution in [3.8, 4) is 0 Å². The van der Waals surface area contributed by atoms with Crippen molar-refractivity contribution in [1.29, 1.82) is 0 Å². The molecule has 1 heterocycles. The van der Waals surface area contributed by atoms with Gasteiger partial charge in [-0.1, -0.05) is 54.6 Å². The van der Waals surface area contributed by atoms with Gasteiger partial charge in [-0.15, -0.1) is 0 Å². The molecule has 1 aliphatic heterocycles. The van der Waals surface area contributed by atoms with Crippen LogP contribution >= 0.6 is 0 Å². The number of aliphatic hydroxyl groups excluding tert-OH is 3. The van der Waals surface area contributed by atoms with Gasteiger partial charge in [0.25, 0.3) is 0 Å². The van der Waals surface area contributed by atoms with E-state index in [4.69, 9.17) is 9.47 Å². The maximum Gasteiger partial charge on any atom is 0.335 e.